The zero-order valence-corrected chi connectivity index (χ0v) is 16.1. The second kappa shape index (κ2) is 7.62. The van der Waals surface area contributed by atoms with Gasteiger partial charge in [-0.2, -0.15) is 0 Å². The summed E-state index contributed by atoms with van der Waals surface area (Å²) in [6.45, 7) is 2.32. The lowest BCUT2D eigenvalue weighted by Gasteiger charge is -2.30. The number of hydrogen-bond donors (Lipinski definition) is 1. The minimum absolute atomic E-state index is 0.185. The number of aromatic nitrogens is 1. The predicted octanol–water partition coefficient (Wildman–Crippen LogP) is 4.00. The molecular weight excluding hydrogens is 366 g/mol. The second-order valence-electron chi connectivity index (χ2n) is 7.45. The number of carbonyl (C=O) groups is 1. The number of rotatable bonds is 3. The van der Waals surface area contributed by atoms with Crippen molar-refractivity contribution in [1.82, 2.24) is 4.98 Å². The van der Waals surface area contributed by atoms with Crippen molar-refractivity contribution < 1.29 is 14.3 Å². The van der Waals surface area contributed by atoms with Crippen molar-refractivity contribution in [2.24, 2.45) is 0 Å². The van der Waals surface area contributed by atoms with Crippen molar-refractivity contribution in [3.8, 4) is 11.5 Å². The van der Waals surface area contributed by atoms with Crippen molar-refractivity contribution in [2.75, 3.05) is 29.9 Å². The topological polar surface area (TPSA) is 63.7 Å². The minimum Gasteiger partial charge on any atom is -0.485 e. The molecule has 0 aliphatic carbocycles. The second-order valence-corrected chi connectivity index (χ2v) is 7.45. The Bertz CT molecular complexity index is 1050. The number of fused-ring (bicyclic) bond motifs is 2. The maximum absolute atomic E-state index is 12.9. The highest BCUT2D eigenvalue weighted by Gasteiger charge is 2.28. The Morgan fingerprint density at radius 3 is 2.69 bits per heavy atom. The molecule has 3 aromatic rings. The molecule has 1 aromatic heterocycles. The summed E-state index contributed by atoms with van der Waals surface area (Å²) in [5, 5.41) is 5.05. The van der Waals surface area contributed by atoms with Gasteiger partial charge in [0.05, 0.1) is 5.69 Å². The molecule has 1 fully saturated rings. The van der Waals surface area contributed by atoms with Gasteiger partial charge in [0.15, 0.2) is 11.5 Å². The lowest BCUT2D eigenvalue weighted by atomic mass is 10.0. The Morgan fingerprint density at radius 2 is 1.83 bits per heavy atom. The molecule has 1 saturated heterocycles. The third-order valence-corrected chi connectivity index (χ3v) is 5.55. The molecule has 29 heavy (non-hydrogen) atoms. The average Bonchev–Trinajstić information content (AvgIpc) is 2.79. The van der Waals surface area contributed by atoms with Gasteiger partial charge in [0.1, 0.15) is 6.61 Å². The van der Waals surface area contributed by atoms with Crippen LogP contribution >= 0.6 is 0 Å². The predicted molar refractivity (Wildman–Crippen MR) is 113 cm³/mol. The number of carbonyl (C=O) groups excluding carboxylic acids is 1. The van der Waals surface area contributed by atoms with Gasteiger partial charge in [0.25, 0.3) is 5.91 Å². The van der Waals surface area contributed by atoms with Crippen LogP contribution in [-0.4, -0.2) is 36.7 Å². The normalized spacial score (nSPS) is 18.5. The van der Waals surface area contributed by atoms with Gasteiger partial charge in [-0.25, -0.2) is 0 Å². The van der Waals surface area contributed by atoms with E-state index in [9.17, 15) is 4.79 Å². The SMILES string of the molecule is O=C(Nc1ccc(N2CCCCC2)c2ccncc12)C1COc2ccccc2O1. The van der Waals surface area contributed by atoms with Crippen LogP contribution < -0.4 is 19.7 Å². The van der Waals surface area contributed by atoms with Crippen LogP contribution in [0.5, 0.6) is 11.5 Å². The zero-order valence-electron chi connectivity index (χ0n) is 16.1. The van der Waals surface area contributed by atoms with E-state index in [-0.39, 0.29) is 12.5 Å². The summed E-state index contributed by atoms with van der Waals surface area (Å²) < 4.78 is 11.5. The Kier molecular flexibility index (Phi) is 4.68. The van der Waals surface area contributed by atoms with Crippen LogP contribution in [0.3, 0.4) is 0 Å². The Morgan fingerprint density at radius 1 is 1.00 bits per heavy atom. The van der Waals surface area contributed by atoms with Crippen molar-refractivity contribution in [3.63, 3.8) is 0 Å². The molecule has 6 nitrogen and oxygen atoms in total. The summed E-state index contributed by atoms with van der Waals surface area (Å²) in [6.07, 6.45) is 6.63. The van der Waals surface area contributed by atoms with Crippen molar-refractivity contribution in [1.29, 1.82) is 0 Å². The number of amides is 1. The summed E-state index contributed by atoms with van der Waals surface area (Å²) in [6, 6.07) is 13.5. The lowest BCUT2D eigenvalue weighted by molar-refractivity contribution is -0.125. The molecule has 1 amide bonds. The highest BCUT2D eigenvalue weighted by atomic mass is 16.6. The van der Waals surface area contributed by atoms with Crippen LogP contribution in [0.1, 0.15) is 19.3 Å². The number of para-hydroxylation sites is 2. The molecule has 0 spiro atoms. The standard InChI is InChI=1S/C23H23N3O3/c27-23(22-15-28-20-6-2-3-7-21(20)29-22)25-18-8-9-19(26-12-4-1-5-13-26)16-10-11-24-14-17(16)18/h2-3,6-11,14,22H,1,4-5,12-13,15H2,(H,25,27). The first-order valence-electron chi connectivity index (χ1n) is 10.1. The quantitative estimate of drug-likeness (QED) is 0.733. The fourth-order valence-electron chi connectivity index (χ4n) is 4.06. The van der Waals surface area contributed by atoms with Gasteiger partial charge in [0.2, 0.25) is 6.10 Å². The van der Waals surface area contributed by atoms with Gasteiger partial charge in [-0.15, -0.1) is 0 Å². The molecule has 5 rings (SSSR count). The first-order valence-corrected chi connectivity index (χ1v) is 10.1. The fourth-order valence-corrected chi connectivity index (χ4v) is 4.06. The average molecular weight is 389 g/mol. The highest BCUT2D eigenvalue weighted by molar-refractivity contribution is 6.07. The van der Waals surface area contributed by atoms with Gasteiger partial charge in [-0.1, -0.05) is 12.1 Å². The third kappa shape index (κ3) is 3.46. The molecule has 2 aliphatic rings. The molecule has 3 heterocycles. The van der Waals surface area contributed by atoms with Gasteiger partial charge in [-0.05, 0) is 49.6 Å². The highest BCUT2D eigenvalue weighted by Crippen LogP contribution is 2.34. The smallest absolute Gasteiger partial charge is 0.269 e. The van der Waals surface area contributed by atoms with Gasteiger partial charge in [0, 0.05) is 41.9 Å². The maximum Gasteiger partial charge on any atom is 0.269 e. The van der Waals surface area contributed by atoms with Crippen LogP contribution in [0, 0.1) is 0 Å². The number of hydrogen-bond acceptors (Lipinski definition) is 5. The lowest BCUT2D eigenvalue weighted by Crippen LogP contribution is -2.40. The van der Waals surface area contributed by atoms with E-state index < -0.39 is 6.10 Å². The first-order chi connectivity index (χ1) is 14.3. The Hall–Kier alpha value is -3.28. The number of piperidine rings is 1. The van der Waals surface area contributed by atoms with Crippen LogP contribution in [0.2, 0.25) is 0 Å². The van der Waals surface area contributed by atoms with Crippen molar-refractivity contribution in [2.45, 2.75) is 25.4 Å². The monoisotopic (exact) mass is 389 g/mol. The Labute approximate surface area is 169 Å². The summed E-state index contributed by atoms with van der Waals surface area (Å²) in [5.74, 6) is 1.03. The van der Waals surface area contributed by atoms with Crippen molar-refractivity contribution in [3.05, 3.63) is 54.9 Å². The molecule has 2 aliphatic heterocycles. The number of pyridine rings is 1. The molecule has 0 saturated carbocycles. The van der Waals surface area contributed by atoms with E-state index in [4.69, 9.17) is 9.47 Å². The van der Waals surface area contributed by atoms with Crippen LogP contribution in [0.4, 0.5) is 11.4 Å². The molecule has 6 heteroatoms. The number of anilines is 2. The van der Waals surface area contributed by atoms with Crippen LogP contribution in [0.25, 0.3) is 10.8 Å². The molecule has 1 unspecified atom stereocenters. The molecule has 148 valence electrons. The summed E-state index contributed by atoms with van der Waals surface area (Å²) >= 11 is 0. The van der Waals surface area contributed by atoms with Gasteiger partial charge in [-0.3, -0.25) is 9.78 Å². The maximum atomic E-state index is 12.9. The molecular formula is C23H23N3O3. The van der Waals surface area contributed by atoms with E-state index in [2.05, 4.69) is 21.3 Å². The van der Waals surface area contributed by atoms with E-state index in [1.807, 2.05) is 42.6 Å². The van der Waals surface area contributed by atoms with Gasteiger partial charge < -0.3 is 19.7 Å². The van der Waals surface area contributed by atoms with Gasteiger partial charge >= 0.3 is 0 Å². The van der Waals surface area contributed by atoms with E-state index in [1.54, 1.807) is 6.20 Å². The number of ether oxygens (including phenoxy) is 2. The molecule has 0 bridgehead atoms. The summed E-state index contributed by atoms with van der Waals surface area (Å²) in [5.41, 5.74) is 1.94. The van der Waals surface area contributed by atoms with Crippen LogP contribution in [0.15, 0.2) is 54.9 Å². The fraction of sp³-hybridized carbons (Fsp3) is 0.304. The number of nitrogens with one attached hydrogen (secondary N) is 1. The zero-order chi connectivity index (χ0) is 19.6. The molecule has 2 aromatic carbocycles. The van der Waals surface area contributed by atoms with Crippen molar-refractivity contribution >= 4 is 28.1 Å². The van der Waals surface area contributed by atoms with E-state index in [0.717, 1.165) is 29.5 Å². The summed E-state index contributed by atoms with van der Waals surface area (Å²) in [4.78, 5) is 19.6. The number of nitrogens with zero attached hydrogens (tertiary/aromatic N) is 2. The van der Waals surface area contributed by atoms with E-state index in [1.165, 1.54) is 24.9 Å². The third-order valence-electron chi connectivity index (χ3n) is 5.55. The van der Waals surface area contributed by atoms with E-state index >= 15 is 0 Å². The number of benzene rings is 2. The molecule has 0 radical (unpaired) electrons. The molecule has 1 N–H and O–H groups in total. The largest absolute Gasteiger partial charge is 0.485 e. The van der Waals surface area contributed by atoms with Crippen LogP contribution in [-0.2, 0) is 4.79 Å². The summed E-state index contributed by atoms with van der Waals surface area (Å²) in [7, 11) is 0. The Balaban J connectivity index is 1.40. The minimum atomic E-state index is -0.696. The molecule has 1 atom stereocenters. The first kappa shape index (κ1) is 17.8. The van der Waals surface area contributed by atoms with E-state index in [0.29, 0.717) is 11.5 Å².